The molecule has 3 rings (SSSR count). The summed E-state index contributed by atoms with van der Waals surface area (Å²) in [5.41, 5.74) is -1.59. The molecule has 1 aromatic carbocycles. The molecule has 1 atom stereocenters. The fourth-order valence-electron chi connectivity index (χ4n) is 3.16. The van der Waals surface area contributed by atoms with Crippen molar-refractivity contribution < 1.29 is 27.9 Å². The highest BCUT2D eigenvalue weighted by atomic mass is 19.4. The van der Waals surface area contributed by atoms with Crippen molar-refractivity contribution in [2.75, 3.05) is 13.1 Å². The Bertz CT molecular complexity index is 878. The van der Waals surface area contributed by atoms with Crippen LogP contribution >= 0.6 is 0 Å². The van der Waals surface area contributed by atoms with Gasteiger partial charge in [-0.2, -0.15) is 18.3 Å². The van der Waals surface area contributed by atoms with Crippen LogP contribution in [-0.4, -0.2) is 44.8 Å². The Morgan fingerprint density at radius 3 is 2.67 bits per heavy atom. The fourth-order valence-corrected chi connectivity index (χ4v) is 3.16. The standard InChI is InChI=1S/C18H18F3N3O3/c1-17(16(26)27)7-3-8-23(11-17)15(25)14-6-9-24(22-14)13-5-2-4-12(10-13)18(19,20)21/h2,4-6,9-10H,3,7-8,11H2,1H3,(H,26,27). The van der Waals surface area contributed by atoms with Crippen LogP contribution in [-0.2, 0) is 11.0 Å². The van der Waals surface area contributed by atoms with Crippen LogP contribution in [0.25, 0.3) is 5.69 Å². The van der Waals surface area contributed by atoms with E-state index >= 15 is 0 Å². The van der Waals surface area contributed by atoms with Crippen LogP contribution in [0.1, 0.15) is 35.8 Å². The predicted octanol–water partition coefficient (Wildman–Crippen LogP) is 3.22. The number of rotatable bonds is 3. The van der Waals surface area contributed by atoms with Gasteiger partial charge in [0.05, 0.1) is 16.7 Å². The largest absolute Gasteiger partial charge is 0.481 e. The van der Waals surface area contributed by atoms with Gasteiger partial charge < -0.3 is 10.0 Å². The summed E-state index contributed by atoms with van der Waals surface area (Å²) in [5, 5.41) is 13.4. The number of likely N-dealkylation sites (tertiary alicyclic amines) is 1. The minimum atomic E-state index is -4.48. The lowest BCUT2D eigenvalue weighted by molar-refractivity contribution is -0.150. The van der Waals surface area contributed by atoms with Gasteiger partial charge in [-0.25, -0.2) is 4.68 Å². The maximum atomic E-state index is 12.9. The topological polar surface area (TPSA) is 75.4 Å². The maximum Gasteiger partial charge on any atom is 0.416 e. The number of carbonyl (C=O) groups is 2. The zero-order chi connectivity index (χ0) is 19.8. The highest BCUT2D eigenvalue weighted by Crippen LogP contribution is 2.31. The summed E-state index contributed by atoms with van der Waals surface area (Å²) < 4.78 is 39.8. The molecule has 2 aromatic rings. The van der Waals surface area contributed by atoms with Crippen molar-refractivity contribution in [3.63, 3.8) is 0 Å². The van der Waals surface area contributed by atoms with Crippen molar-refractivity contribution in [1.29, 1.82) is 0 Å². The first kappa shape index (κ1) is 18.9. The Morgan fingerprint density at radius 1 is 1.26 bits per heavy atom. The SMILES string of the molecule is CC1(C(=O)O)CCCN(C(=O)c2ccn(-c3cccc(C(F)(F)F)c3)n2)C1. The van der Waals surface area contributed by atoms with E-state index in [0.29, 0.717) is 19.4 Å². The van der Waals surface area contributed by atoms with Crippen molar-refractivity contribution >= 4 is 11.9 Å². The van der Waals surface area contributed by atoms with Gasteiger partial charge in [0.2, 0.25) is 0 Å². The summed E-state index contributed by atoms with van der Waals surface area (Å²) in [7, 11) is 0. The van der Waals surface area contributed by atoms with E-state index in [4.69, 9.17) is 0 Å². The summed E-state index contributed by atoms with van der Waals surface area (Å²) >= 11 is 0. The second kappa shape index (κ2) is 6.71. The number of aliphatic carboxylic acids is 1. The average molecular weight is 381 g/mol. The molecule has 1 unspecified atom stereocenters. The number of hydrogen-bond donors (Lipinski definition) is 1. The second-order valence-electron chi connectivity index (χ2n) is 6.89. The van der Waals surface area contributed by atoms with Crippen LogP contribution in [0, 0.1) is 5.41 Å². The fraction of sp³-hybridized carbons (Fsp3) is 0.389. The molecule has 1 saturated heterocycles. The van der Waals surface area contributed by atoms with Crippen LogP contribution in [0.4, 0.5) is 13.2 Å². The van der Waals surface area contributed by atoms with Gasteiger partial charge in [0, 0.05) is 19.3 Å². The van der Waals surface area contributed by atoms with Crippen molar-refractivity contribution in [2.24, 2.45) is 5.41 Å². The summed E-state index contributed by atoms with van der Waals surface area (Å²) in [6.45, 7) is 2.08. The van der Waals surface area contributed by atoms with Gasteiger partial charge in [0.15, 0.2) is 5.69 Å². The Balaban J connectivity index is 1.82. The lowest BCUT2D eigenvalue weighted by atomic mass is 9.82. The molecular formula is C18H18F3N3O3. The lowest BCUT2D eigenvalue weighted by Crippen LogP contribution is -2.48. The molecule has 2 heterocycles. The number of aromatic nitrogens is 2. The average Bonchev–Trinajstić information content (AvgIpc) is 3.10. The third-order valence-corrected chi connectivity index (χ3v) is 4.75. The molecule has 1 aliphatic rings. The lowest BCUT2D eigenvalue weighted by Gasteiger charge is -2.37. The van der Waals surface area contributed by atoms with Crippen molar-refractivity contribution in [3.8, 4) is 5.69 Å². The molecular weight excluding hydrogens is 363 g/mol. The van der Waals surface area contributed by atoms with Crippen LogP contribution in [0.3, 0.4) is 0 Å². The quantitative estimate of drug-likeness (QED) is 0.886. The molecule has 0 aliphatic carbocycles. The first-order chi connectivity index (χ1) is 12.6. The number of carboxylic acids is 1. The Hall–Kier alpha value is -2.84. The molecule has 1 fully saturated rings. The van der Waals surface area contributed by atoms with E-state index in [0.717, 1.165) is 12.1 Å². The molecule has 27 heavy (non-hydrogen) atoms. The summed E-state index contributed by atoms with van der Waals surface area (Å²) in [5.74, 6) is -1.40. The Morgan fingerprint density at radius 2 is 2.00 bits per heavy atom. The number of benzene rings is 1. The van der Waals surface area contributed by atoms with Gasteiger partial charge >= 0.3 is 12.1 Å². The molecule has 1 aromatic heterocycles. The van der Waals surface area contributed by atoms with Crippen LogP contribution < -0.4 is 0 Å². The normalized spacial score (nSPS) is 20.5. The van der Waals surface area contributed by atoms with E-state index in [-0.39, 0.29) is 17.9 Å². The number of hydrogen-bond acceptors (Lipinski definition) is 3. The van der Waals surface area contributed by atoms with Crippen molar-refractivity contribution in [3.05, 3.63) is 47.8 Å². The number of amides is 1. The van der Waals surface area contributed by atoms with Crippen molar-refractivity contribution in [2.45, 2.75) is 25.9 Å². The van der Waals surface area contributed by atoms with Crippen LogP contribution in [0.2, 0.25) is 0 Å². The third-order valence-electron chi connectivity index (χ3n) is 4.75. The smallest absolute Gasteiger partial charge is 0.416 e. The predicted molar refractivity (Wildman–Crippen MR) is 89.4 cm³/mol. The van der Waals surface area contributed by atoms with Crippen LogP contribution in [0.15, 0.2) is 36.5 Å². The molecule has 1 amide bonds. The highest BCUT2D eigenvalue weighted by Gasteiger charge is 2.40. The molecule has 0 bridgehead atoms. The van der Waals surface area contributed by atoms with E-state index in [2.05, 4.69) is 5.10 Å². The number of carboxylic acid groups (broad SMARTS) is 1. The summed E-state index contributed by atoms with van der Waals surface area (Å²) in [6.07, 6.45) is -2.03. The number of piperidine rings is 1. The Kier molecular flexibility index (Phi) is 4.71. The minimum absolute atomic E-state index is 0.0575. The second-order valence-corrected chi connectivity index (χ2v) is 6.89. The van der Waals surface area contributed by atoms with Gasteiger partial charge in [-0.3, -0.25) is 9.59 Å². The van der Waals surface area contributed by atoms with Gasteiger partial charge in [0.1, 0.15) is 0 Å². The number of carbonyl (C=O) groups excluding carboxylic acids is 1. The number of nitrogens with zero attached hydrogens (tertiary/aromatic N) is 3. The minimum Gasteiger partial charge on any atom is -0.481 e. The van der Waals surface area contributed by atoms with Gasteiger partial charge in [-0.1, -0.05) is 6.07 Å². The molecule has 0 saturated carbocycles. The van der Waals surface area contributed by atoms with E-state index in [9.17, 15) is 27.9 Å². The van der Waals surface area contributed by atoms with Crippen molar-refractivity contribution in [1.82, 2.24) is 14.7 Å². The van der Waals surface area contributed by atoms with Gasteiger partial charge in [0.25, 0.3) is 5.91 Å². The maximum absolute atomic E-state index is 12.9. The van der Waals surface area contributed by atoms with E-state index in [1.165, 1.54) is 34.0 Å². The number of halogens is 3. The zero-order valence-corrected chi connectivity index (χ0v) is 14.5. The first-order valence-electron chi connectivity index (χ1n) is 8.36. The van der Waals surface area contributed by atoms with E-state index in [1.807, 2.05) is 0 Å². The molecule has 144 valence electrons. The van der Waals surface area contributed by atoms with E-state index < -0.39 is 29.0 Å². The molecule has 1 N–H and O–H groups in total. The molecule has 0 spiro atoms. The van der Waals surface area contributed by atoms with Crippen LogP contribution in [0.5, 0.6) is 0 Å². The molecule has 0 radical (unpaired) electrons. The Labute approximate surface area is 153 Å². The van der Waals surface area contributed by atoms with E-state index in [1.54, 1.807) is 6.92 Å². The van der Waals surface area contributed by atoms with Gasteiger partial charge in [-0.05, 0) is 44.0 Å². The molecule has 1 aliphatic heterocycles. The highest BCUT2D eigenvalue weighted by molar-refractivity contribution is 5.92. The first-order valence-corrected chi connectivity index (χ1v) is 8.36. The van der Waals surface area contributed by atoms with Gasteiger partial charge in [-0.15, -0.1) is 0 Å². The summed E-state index contributed by atoms with van der Waals surface area (Å²) in [4.78, 5) is 25.5. The summed E-state index contributed by atoms with van der Waals surface area (Å²) in [6, 6.07) is 6.04. The third kappa shape index (κ3) is 3.81. The molecule has 6 nitrogen and oxygen atoms in total. The number of alkyl halides is 3. The zero-order valence-electron chi connectivity index (χ0n) is 14.5. The monoisotopic (exact) mass is 381 g/mol. The molecule has 9 heteroatoms.